The smallest absolute Gasteiger partial charge is 0.326 e. The minimum Gasteiger partial charge on any atom is -0.493 e. The number of aromatic amines is 2. The number of aromatic hydroxyl groups is 1. The Labute approximate surface area is 178 Å². The zero-order valence-corrected chi connectivity index (χ0v) is 17.3. The van der Waals surface area contributed by atoms with Crippen LogP contribution in [0.1, 0.15) is 24.1 Å². The van der Waals surface area contributed by atoms with Crippen molar-refractivity contribution in [2.45, 2.75) is 25.4 Å². The van der Waals surface area contributed by atoms with Gasteiger partial charge in [-0.2, -0.15) is 9.61 Å². The molecule has 1 aromatic carbocycles. The summed E-state index contributed by atoms with van der Waals surface area (Å²) in [6.45, 7) is 0.610. The second-order valence-electron chi connectivity index (χ2n) is 7.16. The molecule has 0 unspecified atom stereocenters. The maximum atomic E-state index is 11.4. The molecule has 1 fully saturated rings. The summed E-state index contributed by atoms with van der Waals surface area (Å²) < 4.78 is 2.71. The summed E-state index contributed by atoms with van der Waals surface area (Å²) in [6.07, 6.45) is 5.41. The lowest BCUT2D eigenvalue weighted by atomic mass is 10.2. The van der Waals surface area contributed by atoms with Gasteiger partial charge in [-0.05, 0) is 36.6 Å². The van der Waals surface area contributed by atoms with Crippen molar-refractivity contribution in [1.29, 1.82) is 0 Å². The Hall–Kier alpha value is -3.40. The van der Waals surface area contributed by atoms with E-state index in [-0.39, 0.29) is 11.6 Å². The van der Waals surface area contributed by atoms with Crippen LogP contribution >= 0.6 is 15.9 Å². The molecular weight excluding hydrogens is 450 g/mol. The number of fused-ring (bicyclic) bond motifs is 1. The molecule has 0 bridgehead atoms. The van der Waals surface area contributed by atoms with Crippen LogP contribution in [0.3, 0.4) is 0 Å². The van der Waals surface area contributed by atoms with Gasteiger partial charge in [0.05, 0.1) is 12.2 Å². The number of nitrogens with zero attached hydrogens (tertiary/aromatic N) is 4. The van der Waals surface area contributed by atoms with Gasteiger partial charge in [0.15, 0.2) is 11.1 Å². The molecule has 152 valence electrons. The first-order chi connectivity index (χ1) is 14.5. The number of nitrogens with one attached hydrogen (secondary N) is 3. The van der Waals surface area contributed by atoms with Crippen molar-refractivity contribution in [2.24, 2.45) is 4.99 Å². The number of halogens is 1. The molecule has 1 aliphatic carbocycles. The molecule has 3 heterocycles. The molecule has 1 saturated carbocycles. The van der Waals surface area contributed by atoms with Crippen LogP contribution in [0.5, 0.6) is 5.88 Å². The van der Waals surface area contributed by atoms with Crippen molar-refractivity contribution in [1.82, 2.24) is 24.6 Å². The van der Waals surface area contributed by atoms with Gasteiger partial charge >= 0.3 is 5.69 Å². The highest BCUT2D eigenvalue weighted by atomic mass is 79.9. The van der Waals surface area contributed by atoms with Gasteiger partial charge in [-0.1, -0.05) is 28.1 Å². The number of hydrogen-bond acceptors (Lipinski definition) is 6. The van der Waals surface area contributed by atoms with Gasteiger partial charge in [-0.25, -0.2) is 9.78 Å². The fourth-order valence-electron chi connectivity index (χ4n) is 3.08. The summed E-state index contributed by atoms with van der Waals surface area (Å²) in [5, 5.41) is 18.3. The average molecular weight is 468 g/mol. The molecule has 4 N–H and O–H groups in total. The molecule has 30 heavy (non-hydrogen) atoms. The number of H-pyrrole nitrogens is 2. The fraction of sp³-hybridized carbons (Fsp3) is 0.200. The number of rotatable bonds is 5. The third-order valence-corrected chi connectivity index (χ3v) is 5.29. The lowest BCUT2D eigenvalue weighted by Gasteiger charge is -2.07. The van der Waals surface area contributed by atoms with Crippen LogP contribution in [-0.4, -0.2) is 35.7 Å². The molecule has 0 atom stereocenters. The lowest BCUT2D eigenvalue weighted by molar-refractivity contribution is 0.454. The third kappa shape index (κ3) is 3.86. The SMILES string of the molecule is O=c1[nH]c(O)c(/C=c2\cnn3c(=NC4CC4)cc(NCc4ccc(Br)cc4)nc23)[nH]1. The number of aromatic nitrogens is 5. The first kappa shape index (κ1) is 18.6. The van der Waals surface area contributed by atoms with Gasteiger partial charge in [-0.15, -0.1) is 0 Å². The molecule has 9 nitrogen and oxygen atoms in total. The third-order valence-electron chi connectivity index (χ3n) is 4.76. The Balaban J connectivity index is 1.58. The second-order valence-corrected chi connectivity index (χ2v) is 8.08. The van der Waals surface area contributed by atoms with E-state index in [9.17, 15) is 9.90 Å². The number of anilines is 1. The zero-order chi connectivity index (χ0) is 20.7. The topological polar surface area (TPSA) is 123 Å². The number of hydrogen-bond donors (Lipinski definition) is 4. The summed E-state index contributed by atoms with van der Waals surface area (Å²) in [7, 11) is 0. The Morgan fingerprint density at radius 2 is 2.10 bits per heavy atom. The molecule has 0 saturated heterocycles. The largest absolute Gasteiger partial charge is 0.493 e. The van der Waals surface area contributed by atoms with Crippen LogP contribution in [0.2, 0.25) is 0 Å². The van der Waals surface area contributed by atoms with E-state index < -0.39 is 5.69 Å². The van der Waals surface area contributed by atoms with E-state index in [0.717, 1.165) is 22.9 Å². The predicted octanol–water partition coefficient (Wildman–Crippen LogP) is 1.44. The van der Waals surface area contributed by atoms with Crippen molar-refractivity contribution in [3.63, 3.8) is 0 Å². The molecule has 3 aromatic heterocycles. The highest BCUT2D eigenvalue weighted by molar-refractivity contribution is 9.10. The molecular formula is C20H18BrN7O2. The maximum Gasteiger partial charge on any atom is 0.326 e. The zero-order valence-electron chi connectivity index (χ0n) is 15.8. The van der Waals surface area contributed by atoms with Gasteiger partial charge < -0.3 is 15.4 Å². The highest BCUT2D eigenvalue weighted by Gasteiger charge is 2.20. The van der Waals surface area contributed by atoms with Crippen LogP contribution in [0.15, 0.2) is 50.8 Å². The Morgan fingerprint density at radius 1 is 1.30 bits per heavy atom. The first-order valence-electron chi connectivity index (χ1n) is 9.49. The average Bonchev–Trinajstić information content (AvgIpc) is 3.36. The van der Waals surface area contributed by atoms with Gasteiger partial charge in [-0.3, -0.25) is 9.98 Å². The summed E-state index contributed by atoms with van der Waals surface area (Å²) in [5.74, 6) is 0.443. The van der Waals surface area contributed by atoms with Crippen molar-refractivity contribution < 1.29 is 5.11 Å². The molecule has 5 rings (SSSR count). The molecule has 0 radical (unpaired) electrons. The molecule has 4 aromatic rings. The van der Waals surface area contributed by atoms with E-state index in [1.807, 2.05) is 30.3 Å². The van der Waals surface area contributed by atoms with E-state index in [1.165, 1.54) is 0 Å². The summed E-state index contributed by atoms with van der Waals surface area (Å²) >= 11 is 3.44. The highest BCUT2D eigenvalue weighted by Crippen LogP contribution is 2.22. The molecule has 10 heteroatoms. The normalized spacial score (nSPS) is 15.2. The lowest BCUT2D eigenvalue weighted by Crippen LogP contribution is -2.20. The van der Waals surface area contributed by atoms with E-state index in [2.05, 4.69) is 36.3 Å². The van der Waals surface area contributed by atoms with Gasteiger partial charge in [0.25, 0.3) is 0 Å². The van der Waals surface area contributed by atoms with Crippen LogP contribution < -0.4 is 21.7 Å². The Morgan fingerprint density at radius 3 is 2.80 bits per heavy atom. The van der Waals surface area contributed by atoms with Gasteiger partial charge in [0.2, 0.25) is 5.88 Å². The van der Waals surface area contributed by atoms with E-state index in [0.29, 0.717) is 34.8 Å². The summed E-state index contributed by atoms with van der Waals surface area (Å²) in [6, 6.07) is 10.3. The second kappa shape index (κ2) is 7.45. The standard InChI is InChI=1S/C20H18BrN7O2/c21-13-3-1-11(2-4-13)9-22-16-8-17(24-14-5-6-14)28-18(26-16)12(10-23-28)7-15-19(29)27-20(30)25-15/h1-4,7-8,10,14,22,29H,5-6,9H2,(H2,25,27,30)/b12-7+,24-17?. The minimum absolute atomic E-state index is 0.230. The van der Waals surface area contributed by atoms with Crippen LogP contribution in [-0.2, 0) is 6.54 Å². The van der Waals surface area contributed by atoms with Crippen molar-refractivity contribution in [2.75, 3.05) is 5.32 Å². The van der Waals surface area contributed by atoms with Gasteiger partial charge in [0.1, 0.15) is 11.5 Å². The van der Waals surface area contributed by atoms with Crippen LogP contribution in [0.4, 0.5) is 5.82 Å². The quantitative estimate of drug-likeness (QED) is 0.353. The molecule has 0 aliphatic heterocycles. The monoisotopic (exact) mass is 467 g/mol. The molecule has 0 amide bonds. The Bertz CT molecular complexity index is 1400. The first-order valence-corrected chi connectivity index (χ1v) is 10.3. The Kier molecular flexibility index (Phi) is 4.62. The maximum absolute atomic E-state index is 11.4. The van der Waals surface area contributed by atoms with E-state index in [1.54, 1.807) is 16.8 Å². The number of imidazole rings is 1. The number of benzene rings is 1. The molecule has 1 aliphatic rings. The van der Waals surface area contributed by atoms with Crippen molar-refractivity contribution in [3.05, 3.63) is 73.4 Å². The van der Waals surface area contributed by atoms with Crippen LogP contribution in [0, 0.1) is 0 Å². The van der Waals surface area contributed by atoms with Crippen molar-refractivity contribution >= 4 is 33.5 Å². The summed E-state index contributed by atoms with van der Waals surface area (Å²) in [4.78, 5) is 25.7. The van der Waals surface area contributed by atoms with Crippen LogP contribution in [0.25, 0.3) is 11.7 Å². The molecule has 0 spiro atoms. The van der Waals surface area contributed by atoms with Crippen molar-refractivity contribution in [3.8, 4) is 5.88 Å². The summed E-state index contributed by atoms with van der Waals surface area (Å²) in [5.41, 5.74) is 2.20. The van der Waals surface area contributed by atoms with E-state index >= 15 is 0 Å². The fourth-order valence-corrected chi connectivity index (χ4v) is 3.35. The van der Waals surface area contributed by atoms with E-state index in [4.69, 9.17) is 9.98 Å². The predicted molar refractivity (Wildman–Crippen MR) is 115 cm³/mol. The van der Waals surface area contributed by atoms with Gasteiger partial charge in [0, 0.05) is 22.3 Å². The minimum atomic E-state index is -0.482.